The molecule has 3 rings (SSSR count). The summed E-state index contributed by atoms with van der Waals surface area (Å²) in [6.07, 6.45) is 4.26. The van der Waals surface area contributed by atoms with Gasteiger partial charge >= 0.3 is 0 Å². The number of hydrogen-bond acceptors (Lipinski definition) is 3. The Balaban J connectivity index is 1.54. The van der Waals surface area contributed by atoms with Gasteiger partial charge in [0.05, 0.1) is 6.42 Å². The molecule has 0 radical (unpaired) electrons. The van der Waals surface area contributed by atoms with Gasteiger partial charge in [0.15, 0.2) is 0 Å². The van der Waals surface area contributed by atoms with Gasteiger partial charge in [-0.15, -0.1) is 0 Å². The Labute approximate surface area is 120 Å². The quantitative estimate of drug-likeness (QED) is 0.849. The van der Waals surface area contributed by atoms with E-state index in [2.05, 4.69) is 4.90 Å². The third-order valence-electron chi connectivity index (χ3n) is 4.51. The highest BCUT2D eigenvalue weighted by Gasteiger charge is 2.31. The summed E-state index contributed by atoms with van der Waals surface area (Å²) in [5.74, 6) is 0.247. The number of anilines is 1. The summed E-state index contributed by atoms with van der Waals surface area (Å²) in [7, 11) is 0. The normalized spacial score (nSPS) is 23.4. The largest absolute Gasteiger partial charge is 0.399 e. The Morgan fingerprint density at radius 2 is 1.85 bits per heavy atom. The first-order chi connectivity index (χ1) is 9.72. The number of carbonyl (C=O) groups is 1. The van der Waals surface area contributed by atoms with Gasteiger partial charge in [-0.1, -0.05) is 12.1 Å². The number of benzene rings is 1. The lowest BCUT2D eigenvalue weighted by molar-refractivity contribution is -0.129. The van der Waals surface area contributed by atoms with Crippen molar-refractivity contribution in [3.8, 4) is 0 Å². The minimum absolute atomic E-state index is 0.247. The molecule has 0 bridgehead atoms. The standard InChI is InChI=1S/C16H23N3O/c17-14-5-3-13(4-6-14)11-16(20)19-10-7-15(12-19)18-8-1-2-9-18/h3-6,15H,1-2,7-12,17H2. The number of carbonyl (C=O) groups excluding carboxylic acids is 1. The molecule has 108 valence electrons. The van der Waals surface area contributed by atoms with E-state index in [-0.39, 0.29) is 5.91 Å². The Bertz CT molecular complexity index is 465. The molecule has 1 amide bonds. The highest BCUT2D eigenvalue weighted by molar-refractivity contribution is 5.79. The Morgan fingerprint density at radius 1 is 1.15 bits per heavy atom. The smallest absolute Gasteiger partial charge is 0.227 e. The first-order valence-corrected chi connectivity index (χ1v) is 7.58. The van der Waals surface area contributed by atoms with Gasteiger partial charge in [-0.25, -0.2) is 0 Å². The van der Waals surface area contributed by atoms with E-state index in [0.29, 0.717) is 12.5 Å². The number of likely N-dealkylation sites (tertiary alicyclic amines) is 2. The van der Waals surface area contributed by atoms with Gasteiger partial charge in [0.2, 0.25) is 5.91 Å². The van der Waals surface area contributed by atoms with Crippen LogP contribution < -0.4 is 5.73 Å². The van der Waals surface area contributed by atoms with E-state index in [0.717, 1.165) is 30.8 Å². The summed E-state index contributed by atoms with van der Waals surface area (Å²) >= 11 is 0. The van der Waals surface area contributed by atoms with E-state index in [1.54, 1.807) is 0 Å². The lowest BCUT2D eigenvalue weighted by Crippen LogP contribution is -2.37. The van der Waals surface area contributed by atoms with Crippen LogP contribution in [0.2, 0.25) is 0 Å². The Kier molecular flexibility index (Phi) is 3.92. The fourth-order valence-electron chi connectivity index (χ4n) is 3.30. The minimum atomic E-state index is 0.247. The van der Waals surface area contributed by atoms with Crippen LogP contribution in [0.5, 0.6) is 0 Å². The second kappa shape index (κ2) is 5.83. The number of nitrogens with two attached hydrogens (primary N) is 1. The van der Waals surface area contributed by atoms with Crippen molar-refractivity contribution in [2.45, 2.75) is 31.7 Å². The molecule has 0 aliphatic carbocycles. The third kappa shape index (κ3) is 2.96. The SMILES string of the molecule is Nc1ccc(CC(=O)N2CCC(N3CCCC3)C2)cc1. The molecule has 2 saturated heterocycles. The topological polar surface area (TPSA) is 49.6 Å². The average Bonchev–Trinajstić information content (AvgIpc) is 3.11. The molecule has 1 unspecified atom stereocenters. The van der Waals surface area contributed by atoms with E-state index >= 15 is 0 Å². The zero-order valence-corrected chi connectivity index (χ0v) is 11.9. The Hall–Kier alpha value is -1.55. The molecule has 0 aromatic heterocycles. The van der Waals surface area contributed by atoms with E-state index < -0.39 is 0 Å². The first kappa shape index (κ1) is 13.4. The molecule has 4 nitrogen and oxygen atoms in total. The zero-order valence-electron chi connectivity index (χ0n) is 11.9. The molecule has 2 heterocycles. The van der Waals surface area contributed by atoms with Crippen molar-refractivity contribution in [1.29, 1.82) is 0 Å². The van der Waals surface area contributed by atoms with Crippen molar-refractivity contribution in [1.82, 2.24) is 9.80 Å². The maximum atomic E-state index is 12.3. The van der Waals surface area contributed by atoms with Gasteiger partial charge in [-0.2, -0.15) is 0 Å². The van der Waals surface area contributed by atoms with Crippen molar-refractivity contribution < 1.29 is 4.79 Å². The van der Waals surface area contributed by atoms with Gasteiger partial charge < -0.3 is 10.6 Å². The number of amides is 1. The molecule has 2 aliphatic rings. The number of hydrogen-bond donors (Lipinski definition) is 1. The van der Waals surface area contributed by atoms with Crippen LogP contribution in [-0.2, 0) is 11.2 Å². The third-order valence-corrected chi connectivity index (χ3v) is 4.51. The van der Waals surface area contributed by atoms with Crippen molar-refractivity contribution >= 4 is 11.6 Å². The molecule has 0 saturated carbocycles. The van der Waals surface area contributed by atoms with Gasteiger partial charge in [0.1, 0.15) is 0 Å². The summed E-state index contributed by atoms with van der Waals surface area (Å²) < 4.78 is 0. The van der Waals surface area contributed by atoms with E-state index in [1.807, 2.05) is 29.2 Å². The molecule has 20 heavy (non-hydrogen) atoms. The van der Waals surface area contributed by atoms with Gasteiger partial charge in [-0.3, -0.25) is 9.69 Å². The Morgan fingerprint density at radius 3 is 2.55 bits per heavy atom. The monoisotopic (exact) mass is 273 g/mol. The fraction of sp³-hybridized carbons (Fsp3) is 0.562. The van der Waals surface area contributed by atoms with E-state index in [4.69, 9.17) is 5.73 Å². The van der Waals surface area contributed by atoms with Crippen LogP contribution in [0.1, 0.15) is 24.8 Å². The van der Waals surface area contributed by atoms with Crippen molar-refractivity contribution in [3.05, 3.63) is 29.8 Å². The minimum Gasteiger partial charge on any atom is -0.399 e. The van der Waals surface area contributed by atoms with Crippen molar-refractivity contribution in [3.63, 3.8) is 0 Å². The second-order valence-corrected chi connectivity index (χ2v) is 5.94. The van der Waals surface area contributed by atoms with Crippen LogP contribution in [0.25, 0.3) is 0 Å². The van der Waals surface area contributed by atoms with Crippen molar-refractivity contribution in [2.75, 3.05) is 31.9 Å². The predicted molar refractivity (Wildman–Crippen MR) is 80.4 cm³/mol. The number of rotatable bonds is 3. The molecule has 1 atom stereocenters. The number of nitrogen functional groups attached to an aromatic ring is 1. The maximum absolute atomic E-state index is 12.3. The summed E-state index contributed by atoms with van der Waals surface area (Å²) in [5, 5.41) is 0. The molecular weight excluding hydrogens is 250 g/mol. The highest BCUT2D eigenvalue weighted by Crippen LogP contribution is 2.21. The summed E-state index contributed by atoms with van der Waals surface area (Å²) in [5.41, 5.74) is 7.46. The molecule has 0 spiro atoms. The van der Waals surface area contributed by atoms with Crippen LogP contribution in [0.15, 0.2) is 24.3 Å². The zero-order chi connectivity index (χ0) is 13.9. The van der Waals surface area contributed by atoms with E-state index in [1.165, 1.54) is 25.9 Å². The highest BCUT2D eigenvalue weighted by atomic mass is 16.2. The molecule has 2 fully saturated rings. The molecule has 4 heteroatoms. The average molecular weight is 273 g/mol. The van der Waals surface area contributed by atoms with Gasteiger partial charge in [0.25, 0.3) is 0 Å². The second-order valence-electron chi connectivity index (χ2n) is 5.94. The number of nitrogens with zero attached hydrogens (tertiary/aromatic N) is 2. The molecule has 2 N–H and O–H groups in total. The molecule has 1 aromatic carbocycles. The predicted octanol–water partition coefficient (Wildman–Crippen LogP) is 1.51. The first-order valence-electron chi connectivity index (χ1n) is 7.58. The molecular formula is C16H23N3O. The van der Waals surface area contributed by atoms with Crippen LogP contribution in [0, 0.1) is 0 Å². The fourth-order valence-corrected chi connectivity index (χ4v) is 3.30. The van der Waals surface area contributed by atoms with Crippen LogP contribution >= 0.6 is 0 Å². The lowest BCUT2D eigenvalue weighted by Gasteiger charge is -2.23. The summed E-state index contributed by atoms with van der Waals surface area (Å²) in [6, 6.07) is 8.20. The maximum Gasteiger partial charge on any atom is 0.227 e. The van der Waals surface area contributed by atoms with Crippen molar-refractivity contribution in [2.24, 2.45) is 0 Å². The molecule has 2 aliphatic heterocycles. The summed E-state index contributed by atoms with van der Waals surface area (Å²) in [6.45, 7) is 4.25. The van der Waals surface area contributed by atoms with Crippen LogP contribution in [-0.4, -0.2) is 47.9 Å². The molecule has 1 aromatic rings. The summed E-state index contributed by atoms with van der Waals surface area (Å²) in [4.78, 5) is 16.9. The van der Waals surface area contributed by atoms with Gasteiger partial charge in [-0.05, 0) is 50.0 Å². The van der Waals surface area contributed by atoms with E-state index in [9.17, 15) is 4.79 Å². The van der Waals surface area contributed by atoms with Gasteiger partial charge in [0, 0.05) is 24.8 Å². The van der Waals surface area contributed by atoms with Crippen LogP contribution in [0.4, 0.5) is 5.69 Å². The lowest BCUT2D eigenvalue weighted by atomic mass is 10.1. The van der Waals surface area contributed by atoms with Crippen LogP contribution in [0.3, 0.4) is 0 Å².